The van der Waals surface area contributed by atoms with Crippen molar-refractivity contribution >= 4 is 32.9 Å². The zero-order valence-corrected chi connectivity index (χ0v) is 9.09. The molecule has 0 amide bonds. The van der Waals surface area contributed by atoms with Gasteiger partial charge < -0.3 is 9.88 Å². The van der Waals surface area contributed by atoms with E-state index in [0.717, 1.165) is 21.5 Å². The highest BCUT2D eigenvalue weighted by Crippen LogP contribution is 2.24. The molecular weight excluding hydrogens is 230 g/mol. The smallest absolute Gasteiger partial charge is 0.203 e. The normalized spacial score (nSPS) is 10.7. The molecule has 1 aromatic carbocycles. The maximum atomic E-state index is 4.44. The van der Waals surface area contributed by atoms with Crippen molar-refractivity contribution in [1.82, 2.24) is 9.55 Å². The van der Waals surface area contributed by atoms with E-state index in [-0.39, 0.29) is 0 Å². The Labute approximate surface area is 84.9 Å². The van der Waals surface area contributed by atoms with Gasteiger partial charge in [-0.1, -0.05) is 6.07 Å². The topological polar surface area (TPSA) is 29.9 Å². The molecule has 0 aliphatic carbocycles. The standard InChI is InChI=1S/C9H10BrN3/c1-11-9-12-8-6(10)4-3-5-7(8)13(9)2/h3-5H,1-2H3,(H,11,12). The highest BCUT2D eigenvalue weighted by atomic mass is 79.9. The van der Waals surface area contributed by atoms with Crippen molar-refractivity contribution in [2.24, 2.45) is 7.05 Å². The van der Waals surface area contributed by atoms with Gasteiger partial charge in [0.05, 0.1) is 5.52 Å². The molecule has 0 unspecified atom stereocenters. The highest BCUT2D eigenvalue weighted by Gasteiger charge is 2.07. The number of aryl methyl sites for hydroxylation is 1. The number of para-hydroxylation sites is 1. The van der Waals surface area contributed by atoms with Gasteiger partial charge in [-0.2, -0.15) is 0 Å². The van der Waals surface area contributed by atoms with E-state index < -0.39 is 0 Å². The fourth-order valence-electron chi connectivity index (χ4n) is 1.40. The van der Waals surface area contributed by atoms with Crippen LogP contribution in [0, 0.1) is 0 Å². The van der Waals surface area contributed by atoms with Crippen molar-refractivity contribution in [2.45, 2.75) is 0 Å². The molecule has 0 saturated heterocycles. The zero-order valence-electron chi connectivity index (χ0n) is 7.50. The van der Waals surface area contributed by atoms with Crippen molar-refractivity contribution in [1.29, 1.82) is 0 Å². The summed E-state index contributed by atoms with van der Waals surface area (Å²) in [5.74, 6) is 0.877. The van der Waals surface area contributed by atoms with E-state index in [1.54, 1.807) is 0 Å². The van der Waals surface area contributed by atoms with Crippen LogP contribution in [0.1, 0.15) is 0 Å². The number of nitrogens with one attached hydrogen (secondary N) is 1. The Morgan fingerprint density at radius 3 is 2.85 bits per heavy atom. The predicted octanol–water partition coefficient (Wildman–Crippen LogP) is 2.38. The first-order valence-corrected chi connectivity index (χ1v) is 4.82. The van der Waals surface area contributed by atoms with Crippen LogP contribution in [-0.2, 0) is 7.05 Å². The molecule has 0 radical (unpaired) electrons. The minimum Gasteiger partial charge on any atom is -0.359 e. The summed E-state index contributed by atoms with van der Waals surface area (Å²) in [5, 5.41) is 3.04. The van der Waals surface area contributed by atoms with Gasteiger partial charge in [-0.15, -0.1) is 0 Å². The van der Waals surface area contributed by atoms with Crippen LogP contribution in [0.5, 0.6) is 0 Å². The number of halogens is 1. The zero-order chi connectivity index (χ0) is 9.42. The van der Waals surface area contributed by atoms with Gasteiger partial charge in [-0.25, -0.2) is 4.98 Å². The number of aromatic nitrogens is 2. The molecule has 1 aromatic heterocycles. The second-order valence-electron chi connectivity index (χ2n) is 2.85. The van der Waals surface area contributed by atoms with E-state index in [9.17, 15) is 0 Å². The Morgan fingerprint density at radius 1 is 1.46 bits per heavy atom. The average Bonchev–Trinajstić information content (AvgIpc) is 2.45. The molecular formula is C9H10BrN3. The van der Waals surface area contributed by atoms with Crippen LogP contribution in [0.25, 0.3) is 11.0 Å². The number of nitrogens with zero attached hydrogens (tertiary/aromatic N) is 2. The Hall–Kier alpha value is -1.03. The lowest BCUT2D eigenvalue weighted by atomic mass is 10.3. The summed E-state index contributed by atoms with van der Waals surface area (Å²) in [7, 11) is 3.86. The molecule has 0 saturated carbocycles. The minimum atomic E-state index is 0.877. The van der Waals surface area contributed by atoms with Crippen molar-refractivity contribution in [3.63, 3.8) is 0 Å². The molecule has 13 heavy (non-hydrogen) atoms. The second kappa shape index (κ2) is 3.03. The first-order chi connectivity index (χ1) is 6.24. The lowest BCUT2D eigenvalue weighted by Crippen LogP contribution is -1.97. The molecule has 2 rings (SSSR count). The molecule has 0 fully saturated rings. The van der Waals surface area contributed by atoms with Crippen LogP contribution in [-0.4, -0.2) is 16.6 Å². The molecule has 0 aliphatic rings. The van der Waals surface area contributed by atoms with Crippen molar-refractivity contribution in [3.8, 4) is 0 Å². The third-order valence-corrected chi connectivity index (χ3v) is 2.73. The van der Waals surface area contributed by atoms with Crippen molar-refractivity contribution < 1.29 is 0 Å². The average molecular weight is 240 g/mol. The van der Waals surface area contributed by atoms with Crippen molar-refractivity contribution in [2.75, 3.05) is 12.4 Å². The number of imidazole rings is 1. The molecule has 1 heterocycles. The van der Waals surface area contributed by atoms with Crippen LogP contribution in [0.2, 0.25) is 0 Å². The molecule has 1 N–H and O–H groups in total. The van der Waals surface area contributed by atoms with E-state index in [0.29, 0.717) is 0 Å². The van der Waals surface area contributed by atoms with Gasteiger partial charge in [0.1, 0.15) is 5.52 Å². The molecule has 3 nitrogen and oxygen atoms in total. The van der Waals surface area contributed by atoms with Gasteiger partial charge in [0.2, 0.25) is 5.95 Å². The van der Waals surface area contributed by atoms with Crippen LogP contribution in [0.3, 0.4) is 0 Å². The largest absolute Gasteiger partial charge is 0.359 e. The lowest BCUT2D eigenvalue weighted by molar-refractivity contribution is 0.952. The van der Waals surface area contributed by atoms with Gasteiger partial charge in [-0.3, -0.25) is 0 Å². The number of rotatable bonds is 1. The Bertz CT molecular complexity index is 447. The molecule has 68 valence electrons. The fourth-order valence-corrected chi connectivity index (χ4v) is 1.85. The molecule has 0 aliphatic heterocycles. The van der Waals surface area contributed by atoms with Crippen LogP contribution >= 0.6 is 15.9 Å². The predicted molar refractivity (Wildman–Crippen MR) is 58.0 cm³/mol. The highest BCUT2D eigenvalue weighted by molar-refractivity contribution is 9.10. The van der Waals surface area contributed by atoms with Crippen LogP contribution in [0.15, 0.2) is 22.7 Å². The summed E-state index contributed by atoms with van der Waals surface area (Å²) >= 11 is 3.47. The number of hydrogen-bond donors (Lipinski definition) is 1. The lowest BCUT2D eigenvalue weighted by Gasteiger charge is -1.98. The molecule has 2 aromatic rings. The first kappa shape index (κ1) is 8.56. The van der Waals surface area contributed by atoms with E-state index in [4.69, 9.17) is 0 Å². The number of hydrogen-bond acceptors (Lipinski definition) is 2. The summed E-state index contributed by atoms with van der Waals surface area (Å²) in [6.07, 6.45) is 0. The van der Waals surface area contributed by atoms with E-state index >= 15 is 0 Å². The van der Waals surface area contributed by atoms with Crippen molar-refractivity contribution in [3.05, 3.63) is 22.7 Å². The van der Waals surface area contributed by atoms with Crippen LogP contribution < -0.4 is 5.32 Å². The van der Waals surface area contributed by atoms with Crippen LogP contribution in [0.4, 0.5) is 5.95 Å². The number of anilines is 1. The summed E-state index contributed by atoms with van der Waals surface area (Å²) in [5.41, 5.74) is 2.12. The molecule has 0 atom stereocenters. The molecule has 0 bridgehead atoms. The number of fused-ring (bicyclic) bond motifs is 1. The first-order valence-electron chi connectivity index (χ1n) is 4.02. The number of benzene rings is 1. The van der Waals surface area contributed by atoms with E-state index in [1.807, 2.05) is 36.9 Å². The van der Waals surface area contributed by atoms with Gasteiger partial charge >= 0.3 is 0 Å². The molecule has 0 spiro atoms. The fraction of sp³-hybridized carbons (Fsp3) is 0.222. The summed E-state index contributed by atoms with van der Waals surface area (Å²) < 4.78 is 3.06. The third kappa shape index (κ3) is 1.21. The summed E-state index contributed by atoms with van der Waals surface area (Å²) in [6.45, 7) is 0. The van der Waals surface area contributed by atoms with Gasteiger partial charge in [0.15, 0.2) is 0 Å². The van der Waals surface area contributed by atoms with Gasteiger partial charge in [0, 0.05) is 18.6 Å². The SMILES string of the molecule is CNc1nc2c(Br)cccc2n1C. The Morgan fingerprint density at radius 2 is 2.23 bits per heavy atom. The van der Waals surface area contributed by atoms with E-state index in [2.05, 4.69) is 26.2 Å². The van der Waals surface area contributed by atoms with E-state index in [1.165, 1.54) is 0 Å². The maximum Gasteiger partial charge on any atom is 0.203 e. The monoisotopic (exact) mass is 239 g/mol. The quantitative estimate of drug-likeness (QED) is 0.829. The Kier molecular flexibility index (Phi) is 2.00. The maximum absolute atomic E-state index is 4.44. The summed E-state index contributed by atoms with van der Waals surface area (Å²) in [4.78, 5) is 4.44. The minimum absolute atomic E-state index is 0.877. The Balaban J connectivity index is 2.83. The van der Waals surface area contributed by atoms with Gasteiger partial charge in [0.25, 0.3) is 0 Å². The second-order valence-corrected chi connectivity index (χ2v) is 3.71. The third-order valence-electron chi connectivity index (χ3n) is 2.09. The summed E-state index contributed by atoms with van der Waals surface area (Å²) in [6, 6.07) is 6.05. The van der Waals surface area contributed by atoms with Gasteiger partial charge in [-0.05, 0) is 28.1 Å². The molecule has 4 heteroatoms.